The molecule has 2 aromatic heterocycles. The number of anilines is 2. The first-order valence-electron chi connectivity index (χ1n) is 8.71. The molecular weight excluding hydrogens is 471 g/mol. The van der Waals surface area contributed by atoms with Crippen molar-refractivity contribution in [1.29, 1.82) is 0 Å². The molecule has 7 nitrogen and oxygen atoms in total. The Hall–Kier alpha value is -2.13. The van der Waals surface area contributed by atoms with Crippen LogP contribution in [0.25, 0.3) is 11.1 Å². The number of aromatic nitrogens is 2. The molecule has 2 aromatic rings. The van der Waals surface area contributed by atoms with Crippen LogP contribution >= 0.6 is 34.8 Å². The fourth-order valence-corrected chi connectivity index (χ4v) is 5.46. The monoisotopic (exact) mass is 486 g/mol. The van der Waals surface area contributed by atoms with Gasteiger partial charge in [0.05, 0.1) is 5.69 Å². The minimum absolute atomic E-state index is 0.00600. The smallest absolute Gasteiger partial charge is 0.241 e. The Morgan fingerprint density at radius 2 is 1.93 bits per heavy atom. The Bertz CT molecular complexity index is 1180. The lowest BCUT2D eigenvalue weighted by molar-refractivity contribution is -0.114. The first kappa shape index (κ1) is 22.6. The van der Waals surface area contributed by atoms with Gasteiger partial charge in [-0.3, -0.25) is 9.52 Å². The van der Waals surface area contributed by atoms with Crippen molar-refractivity contribution in [3.05, 3.63) is 57.5 Å². The van der Waals surface area contributed by atoms with Crippen molar-refractivity contribution in [2.45, 2.75) is 25.5 Å². The van der Waals surface area contributed by atoms with E-state index in [1.54, 1.807) is 25.1 Å². The van der Waals surface area contributed by atoms with Crippen LogP contribution in [0.5, 0.6) is 0 Å². The largest absolute Gasteiger partial charge is 0.311 e. The topological polar surface area (TPSA) is 101 Å². The maximum absolute atomic E-state index is 13.0. The molecular formula is C19H17Cl3N4O3S. The number of nitrogens with zero attached hydrogens (tertiary/aromatic N) is 2. The molecule has 1 aliphatic carbocycles. The lowest BCUT2D eigenvalue weighted by Gasteiger charge is -2.22. The van der Waals surface area contributed by atoms with E-state index in [9.17, 15) is 13.2 Å². The van der Waals surface area contributed by atoms with Crippen molar-refractivity contribution in [3.63, 3.8) is 0 Å². The lowest BCUT2D eigenvalue weighted by atomic mass is 10.0. The fourth-order valence-electron chi connectivity index (χ4n) is 2.92. The van der Waals surface area contributed by atoms with E-state index in [4.69, 9.17) is 34.8 Å². The van der Waals surface area contributed by atoms with E-state index in [1.807, 2.05) is 0 Å². The zero-order chi connectivity index (χ0) is 22.1. The molecule has 1 aliphatic rings. The van der Waals surface area contributed by atoms with Gasteiger partial charge in [-0.1, -0.05) is 34.8 Å². The normalized spacial score (nSPS) is 16.5. The molecule has 2 N–H and O–H groups in total. The summed E-state index contributed by atoms with van der Waals surface area (Å²) in [5.74, 6) is 0.0983. The molecule has 11 heteroatoms. The molecule has 1 amide bonds. The zero-order valence-electron chi connectivity index (χ0n) is 15.9. The van der Waals surface area contributed by atoms with E-state index in [0.29, 0.717) is 27.5 Å². The van der Waals surface area contributed by atoms with E-state index < -0.39 is 15.3 Å². The zero-order valence-corrected chi connectivity index (χ0v) is 19.0. The molecule has 0 aromatic carbocycles. The van der Waals surface area contributed by atoms with Gasteiger partial charge in [0.25, 0.3) is 0 Å². The average Bonchev–Trinajstić information content (AvgIpc) is 2.66. The summed E-state index contributed by atoms with van der Waals surface area (Å²) in [4.78, 5) is 19.5. The number of hydrogen-bond donors (Lipinski definition) is 2. The highest BCUT2D eigenvalue weighted by molar-refractivity contribution is 7.93. The van der Waals surface area contributed by atoms with E-state index >= 15 is 0 Å². The predicted octanol–water partition coefficient (Wildman–Crippen LogP) is 4.82. The number of halogens is 3. The van der Waals surface area contributed by atoms with Gasteiger partial charge in [-0.15, -0.1) is 0 Å². The van der Waals surface area contributed by atoms with Gasteiger partial charge in [0.15, 0.2) is 5.15 Å². The van der Waals surface area contributed by atoms with Crippen LogP contribution in [0.3, 0.4) is 0 Å². The Balaban J connectivity index is 1.99. The summed E-state index contributed by atoms with van der Waals surface area (Å²) in [7, 11) is -3.96. The van der Waals surface area contributed by atoms with Crippen LogP contribution in [-0.2, 0) is 14.8 Å². The van der Waals surface area contributed by atoms with Crippen molar-refractivity contribution in [2.75, 3.05) is 10.0 Å². The van der Waals surface area contributed by atoms with Crippen LogP contribution in [0.2, 0.25) is 5.15 Å². The minimum Gasteiger partial charge on any atom is -0.311 e. The first-order chi connectivity index (χ1) is 14.1. The third kappa shape index (κ3) is 4.95. The summed E-state index contributed by atoms with van der Waals surface area (Å²) in [6.45, 7) is 3.09. The molecule has 158 valence electrons. The van der Waals surface area contributed by atoms with Gasteiger partial charge in [0.2, 0.25) is 15.9 Å². The van der Waals surface area contributed by atoms with Crippen LogP contribution in [0, 0.1) is 6.92 Å². The number of pyridine rings is 2. The molecule has 0 radical (unpaired) electrons. The molecule has 0 spiro atoms. The third-order valence-corrected chi connectivity index (χ3v) is 7.14. The Kier molecular flexibility index (Phi) is 6.71. The number of rotatable bonds is 5. The van der Waals surface area contributed by atoms with Gasteiger partial charge in [-0.25, -0.2) is 18.4 Å². The van der Waals surface area contributed by atoms with E-state index in [2.05, 4.69) is 20.0 Å². The number of nitrogens with one attached hydrogen (secondary N) is 2. The van der Waals surface area contributed by atoms with Crippen LogP contribution < -0.4 is 10.0 Å². The van der Waals surface area contributed by atoms with Gasteiger partial charge in [0.1, 0.15) is 11.1 Å². The molecule has 0 saturated heterocycles. The minimum atomic E-state index is -3.96. The van der Waals surface area contributed by atoms with E-state index in [1.165, 1.54) is 25.4 Å². The SMILES string of the molecule is CC(=O)Nc1cc(-c2cnc(Cl)c(NS(=O)(=O)C3CC(Cl)=CC=C3Cl)c2C)ccn1. The quantitative estimate of drug-likeness (QED) is 0.589. The Morgan fingerprint density at radius 1 is 1.20 bits per heavy atom. The summed E-state index contributed by atoms with van der Waals surface area (Å²) in [5, 5.41) is 2.09. The highest BCUT2D eigenvalue weighted by atomic mass is 35.5. The number of allylic oxidation sites excluding steroid dienone is 3. The maximum Gasteiger partial charge on any atom is 0.241 e. The molecule has 0 fully saturated rings. The van der Waals surface area contributed by atoms with Crippen molar-refractivity contribution in [3.8, 4) is 11.1 Å². The van der Waals surface area contributed by atoms with Crippen LogP contribution in [-0.4, -0.2) is 29.5 Å². The molecule has 0 aliphatic heterocycles. The van der Waals surface area contributed by atoms with Gasteiger partial charge in [0, 0.05) is 41.4 Å². The Labute approximate surface area is 189 Å². The summed E-state index contributed by atoms with van der Waals surface area (Å²) >= 11 is 18.3. The Morgan fingerprint density at radius 3 is 2.63 bits per heavy atom. The van der Waals surface area contributed by atoms with Crippen LogP contribution in [0.4, 0.5) is 11.5 Å². The number of hydrogen-bond acceptors (Lipinski definition) is 5. The molecule has 3 rings (SSSR count). The van der Waals surface area contributed by atoms with E-state index in [0.717, 1.165) is 0 Å². The van der Waals surface area contributed by atoms with Gasteiger partial charge in [-0.05, 0) is 42.3 Å². The van der Waals surface area contributed by atoms with E-state index in [-0.39, 0.29) is 28.2 Å². The molecule has 2 heterocycles. The number of carbonyl (C=O) groups is 1. The van der Waals surface area contributed by atoms with Gasteiger partial charge >= 0.3 is 0 Å². The number of sulfonamides is 1. The molecule has 1 unspecified atom stereocenters. The number of carbonyl (C=O) groups excluding carboxylic acids is 1. The van der Waals surface area contributed by atoms with Crippen molar-refractivity contribution in [2.24, 2.45) is 0 Å². The molecule has 0 bridgehead atoms. The second kappa shape index (κ2) is 8.93. The number of amides is 1. The summed E-state index contributed by atoms with van der Waals surface area (Å²) in [6.07, 6.45) is 6.13. The summed E-state index contributed by atoms with van der Waals surface area (Å²) in [6, 6.07) is 3.37. The third-order valence-electron chi connectivity index (χ3n) is 4.40. The van der Waals surface area contributed by atoms with Crippen molar-refractivity contribution >= 4 is 62.2 Å². The summed E-state index contributed by atoms with van der Waals surface area (Å²) < 4.78 is 28.5. The molecule has 0 saturated carbocycles. The highest BCUT2D eigenvalue weighted by Crippen LogP contribution is 2.36. The maximum atomic E-state index is 13.0. The van der Waals surface area contributed by atoms with Crippen molar-refractivity contribution in [1.82, 2.24) is 9.97 Å². The first-order valence-corrected chi connectivity index (χ1v) is 11.4. The average molecular weight is 488 g/mol. The second-order valence-corrected chi connectivity index (χ2v) is 9.72. The van der Waals surface area contributed by atoms with Crippen molar-refractivity contribution < 1.29 is 13.2 Å². The highest BCUT2D eigenvalue weighted by Gasteiger charge is 2.32. The second-order valence-electron chi connectivity index (χ2n) is 6.58. The fraction of sp³-hybridized carbons (Fsp3) is 0.211. The molecule has 30 heavy (non-hydrogen) atoms. The lowest BCUT2D eigenvalue weighted by Crippen LogP contribution is -2.30. The summed E-state index contributed by atoms with van der Waals surface area (Å²) in [5.41, 5.74) is 1.99. The van der Waals surface area contributed by atoms with Crippen LogP contribution in [0.1, 0.15) is 18.9 Å². The van der Waals surface area contributed by atoms with Gasteiger partial charge in [-0.2, -0.15) is 0 Å². The standard InChI is InChI=1S/C19H17Cl3N4O3S/c1-10-14(12-5-6-23-17(7-12)25-11(2)27)9-24-19(22)18(10)26-30(28,29)16-8-13(20)3-4-15(16)21/h3-7,9,16,26H,8H2,1-2H3,(H,23,25,27). The van der Waals surface area contributed by atoms with Crippen LogP contribution in [0.15, 0.2) is 46.7 Å². The van der Waals surface area contributed by atoms with Gasteiger partial charge < -0.3 is 5.32 Å². The predicted molar refractivity (Wildman–Crippen MR) is 120 cm³/mol. The molecule has 1 atom stereocenters.